The molecule has 2 saturated carbocycles. The Morgan fingerprint density at radius 3 is 2.51 bits per heavy atom. The number of aryl methyl sites for hydroxylation is 2. The molecule has 0 aliphatic heterocycles. The molecule has 2 fully saturated rings. The average Bonchev–Trinajstić information content (AvgIpc) is 4.03. The molecule has 7 N–H and O–H groups in total. The molecule has 0 unspecified atom stereocenters. The first-order chi connectivity index (χ1) is 22.7. The second-order valence-corrected chi connectivity index (χ2v) is 12.9. The van der Waals surface area contributed by atoms with Gasteiger partial charge in [0.2, 0.25) is 5.91 Å². The van der Waals surface area contributed by atoms with E-state index in [0.29, 0.717) is 25.5 Å². The van der Waals surface area contributed by atoms with Gasteiger partial charge in [-0.15, -0.1) is 0 Å². The van der Waals surface area contributed by atoms with Crippen LogP contribution in [0.3, 0.4) is 0 Å². The van der Waals surface area contributed by atoms with E-state index in [1.807, 2.05) is 24.5 Å². The Morgan fingerprint density at radius 2 is 1.77 bits per heavy atom. The first kappa shape index (κ1) is 34.9. The quantitative estimate of drug-likeness (QED) is 0.0956. The number of nitrogens with zero attached hydrogens (tertiary/aromatic N) is 2. The molecule has 2 aliphatic rings. The molecule has 1 aromatic carbocycles. The van der Waals surface area contributed by atoms with E-state index in [1.54, 1.807) is 0 Å². The summed E-state index contributed by atoms with van der Waals surface area (Å²) in [4.78, 5) is 21.7. The molecule has 2 heterocycles. The molecule has 5 rings (SSSR count). The molecule has 11 nitrogen and oxygen atoms in total. The lowest BCUT2D eigenvalue weighted by atomic mass is 9.94. The zero-order chi connectivity index (χ0) is 33.4. The van der Waals surface area contributed by atoms with E-state index in [4.69, 9.17) is 14.8 Å². The van der Waals surface area contributed by atoms with Crippen molar-refractivity contribution in [3.8, 4) is 16.9 Å². The highest BCUT2D eigenvalue weighted by Gasteiger charge is 2.46. The number of benzene rings is 1. The minimum Gasteiger partial charge on any atom is -0.490 e. The predicted octanol–water partition coefficient (Wildman–Crippen LogP) is 2.43. The number of rotatable bonds is 19. The van der Waals surface area contributed by atoms with Crippen molar-refractivity contribution in [3.05, 3.63) is 77.4 Å². The van der Waals surface area contributed by atoms with Crippen molar-refractivity contribution in [2.45, 2.75) is 107 Å². The fourth-order valence-electron chi connectivity index (χ4n) is 5.80. The van der Waals surface area contributed by atoms with Crippen LogP contribution in [0.15, 0.2) is 54.9 Å². The van der Waals surface area contributed by atoms with Crippen LogP contribution in [0.25, 0.3) is 11.1 Å². The molecule has 2 aromatic heterocycles. The molecule has 4 atom stereocenters. The van der Waals surface area contributed by atoms with Crippen molar-refractivity contribution in [2.24, 2.45) is 0 Å². The topological polar surface area (TPSA) is 177 Å². The third-order valence-corrected chi connectivity index (χ3v) is 9.09. The van der Waals surface area contributed by atoms with Gasteiger partial charge < -0.3 is 40.9 Å². The number of aliphatic hydroxyl groups excluding tert-OH is 5. The maximum atomic E-state index is 12.3. The molecule has 0 bridgehead atoms. The van der Waals surface area contributed by atoms with Gasteiger partial charge in [0, 0.05) is 55.3 Å². The lowest BCUT2D eigenvalue weighted by molar-refractivity contribution is -0.124. The van der Waals surface area contributed by atoms with Gasteiger partial charge >= 0.3 is 0 Å². The SMILES string of the molecule is Cc1ccc(CCCCC(=O)NC[C@H](O)[C@@H](O)[C@H](O)[C@H](O)CCO)nc1CNC1(c2cnccc2-c2ccccc2OC2CC2)CC1. The number of hydrogen-bond acceptors (Lipinski definition) is 10. The van der Waals surface area contributed by atoms with Gasteiger partial charge in [0.25, 0.3) is 0 Å². The second kappa shape index (κ2) is 16.1. The summed E-state index contributed by atoms with van der Waals surface area (Å²) in [6.45, 7) is 2.06. The number of carbonyl (C=O) groups is 1. The van der Waals surface area contributed by atoms with Gasteiger partial charge in [0.1, 0.15) is 18.0 Å². The van der Waals surface area contributed by atoms with Crippen LogP contribution in [0.5, 0.6) is 5.75 Å². The van der Waals surface area contributed by atoms with E-state index in [-0.39, 0.29) is 37.4 Å². The summed E-state index contributed by atoms with van der Waals surface area (Å²) >= 11 is 0. The number of hydrogen-bond donors (Lipinski definition) is 7. The first-order valence-electron chi connectivity index (χ1n) is 16.7. The summed E-state index contributed by atoms with van der Waals surface area (Å²) in [6, 6.07) is 14.4. The zero-order valence-corrected chi connectivity index (χ0v) is 27.0. The highest BCUT2D eigenvalue weighted by atomic mass is 16.5. The Bertz CT molecular complexity index is 1480. The molecule has 2 aliphatic carbocycles. The first-order valence-corrected chi connectivity index (χ1v) is 16.7. The Hall–Kier alpha value is -3.45. The third-order valence-electron chi connectivity index (χ3n) is 9.09. The van der Waals surface area contributed by atoms with Crippen molar-refractivity contribution in [3.63, 3.8) is 0 Å². The number of para-hydroxylation sites is 1. The van der Waals surface area contributed by atoms with Crippen LogP contribution in [-0.2, 0) is 23.3 Å². The maximum Gasteiger partial charge on any atom is 0.220 e. The second-order valence-electron chi connectivity index (χ2n) is 12.9. The summed E-state index contributed by atoms with van der Waals surface area (Å²) in [5.74, 6) is 0.637. The molecule has 47 heavy (non-hydrogen) atoms. The number of unbranched alkanes of at least 4 members (excludes halogenated alkanes) is 1. The minimum absolute atomic E-state index is 0.135. The van der Waals surface area contributed by atoms with Crippen molar-refractivity contribution < 1.29 is 35.1 Å². The van der Waals surface area contributed by atoms with Gasteiger partial charge in [-0.3, -0.25) is 14.8 Å². The highest BCUT2D eigenvalue weighted by Crippen LogP contribution is 2.50. The Morgan fingerprint density at radius 1 is 1.00 bits per heavy atom. The molecule has 0 spiro atoms. The summed E-state index contributed by atoms with van der Waals surface area (Å²) in [5, 5.41) is 54.9. The minimum atomic E-state index is -1.65. The molecule has 0 radical (unpaired) electrons. The summed E-state index contributed by atoms with van der Waals surface area (Å²) < 4.78 is 6.25. The average molecular weight is 649 g/mol. The molecule has 254 valence electrons. The fraction of sp³-hybridized carbons (Fsp3) is 0.528. The van der Waals surface area contributed by atoms with Gasteiger partial charge in [-0.2, -0.15) is 0 Å². The number of carbonyl (C=O) groups excluding carboxylic acids is 1. The smallest absolute Gasteiger partial charge is 0.220 e. The van der Waals surface area contributed by atoms with E-state index in [1.165, 1.54) is 5.56 Å². The number of pyridine rings is 2. The van der Waals surface area contributed by atoms with Gasteiger partial charge in [-0.1, -0.05) is 24.3 Å². The van der Waals surface area contributed by atoms with Crippen LogP contribution in [0.4, 0.5) is 0 Å². The Labute approximate surface area is 276 Å². The summed E-state index contributed by atoms with van der Waals surface area (Å²) in [6.07, 6.45) is 4.43. The molecular formula is C36H48N4O7. The van der Waals surface area contributed by atoms with Crippen molar-refractivity contribution in [2.75, 3.05) is 13.2 Å². The molecule has 11 heteroatoms. The van der Waals surface area contributed by atoms with Crippen LogP contribution in [0.2, 0.25) is 0 Å². The van der Waals surface area contributed by atoms with E-state index in [9.17, 15) is 25.2 Å². The van der Waals surface area contributed by atoms with E-state index >= 15 is 0 Å². The standard InChI is InChI=1S/C36H48N4O7/c1-23-10-11-24(6-2-5-9-33(44)38-22-31(43)35(46)34(45)30(42)15-19-41)40-29(23)21-39-36(16-17-36)28-20-37-18-14-26(28)27-7-3-4-8-32(27)47-25-12-13-25/h3-4,7-8,10-11,14,18,20,25,30-31,34-35,39,41-43,45-46H,2,5-6,9,12-13,15-17,19,21-22H2,1H3,(H,38,44)/t30-,31+,34-,35-/m1/s1. The number of amides is 1. The number of ether oxygens (including phenoxy) is 1. The Kier molecular flexibility index (Phi) is 11.9. The van der Waals surface area contributed by atoms with Gasteiger partial charge in [0.15, 0.2) is 0 Å². The lowest BCUT2D eigenvalue weighted by Crippen LogP contribution is -2.48. The van der Waals surface area contributed by atoms with E-state index in [0.717, 1.165) is 65.9 Å². The van der Waals surface area contributed by atoms with Crippen molar-refractivity contribution in [1.82, 2.24) is 20.6 Å². The van der Waals surface area contributed by atoms with Gasteiger partial charge in [-0.05, 0) is 93.2 Å². The van der Waals surface area contributed by atoms with Crippen LogP contribution in [-0.4, -0.2) is 85.1 Å². The van der Waals surface area contributed by atoms with Crippen LogP contribution in [0, 0.1) is 6.92 Å². The van der Waals surface area contributed by atoms with Crippen LogP contribution in [0.1, 0.15) is 73.9 Å². The number of aliphatic hydroxyl groups is 5. The van der Waals surface area contributed by atoms with Crippen molar-refractivity contribution >= 4 is 5.91 Å². The zero-order valence-electron chi connectivity index (χ0n) is 27.0. The number of nitrogens with one attached hydrogen (secondary N) is 2. The number of aromatic nitrogens is 2. The van der Waals surface area contributed by atoms with Gasteiger partial charge in [0.05, 0.1) is 24.0 Å². The monoisotopic (exact) mass is 648 g/mol. The normalized spacial score (nSPS) is 17.8. The molecule has 0 saturated heterocycles. The Balaban J connectivity index is 1.11. The lowest BCUT2D eigenvalue weighted by Gasteiger charge is -2.26. The van der Waals surface area contributed by atoms with E-state index < -0.39 is 24.4 Å². The molecule has 1 amide bonds. The fourth-order valence-corrected chi connectivity index (χ4v) is 5.80. The summed E-state index contributed by atoms with van der Waals surface area (Å²) in [7, 11) is 0. The van der Waals surface area contributed by atoms with E-state index in [2.05, 4.69) is 52.9 Å². The highest BCUT2D eigenvalue weighted by molar-refractivity contribution is 5.76. The van der Waals surface area contributed by atoms with Crippen LogP contribution >= 0.6 is 0 Å². The molecular weight excluding hydrogens is 600 g/mol. The maximum absolute atomic E-state index is 12.3. The third kappa shape index (κ3) is 9.34. The van der Waals surface area contributed by atoms with Crippen molar-refractivity contribution in [1.29, 1.82) is 0 Å². The predicted molar refractivity (Wildman–Crippen MR) is 176 cm³/mol. The summed E-state index contributed by atoms with van der Waals surface area (Å²) in [5.41, 5.74) is 6.31. The van der Waals surface area contributed by atoms with Crippen LogP contribution < -0.4 is 15.4 Å². The largest absolute Gasteiger partial charge is 0.490 e. The molecule has 3 aromatic rings. The van der Waals surface area contributed by atoms with Gasteiger partial charge in [-0.25, -0.2) is 0 Å².